The highest BCUT2D eigenvalue weighted by molar-refractivity contribution is 5.00. The fourth-order valence-corrected chi connectivity index (χ4v) is 4.93. The van der Waals surface area contributed by atoms with Crippen molar-refractivity contribution in [2.45, 2.75) is 98.7 Å². The average Bonchev–Trinajstić information content (AvgIpc) is 2.08. The third-order valence-corrected chi connectivity index (χ3v) is 4.53. The molecular formula is C19H40N2. The smallest absolute Gasteiger partial charge is 0.0170 e. The first-order valence-electron chi connectivity index (χ1n) is 8.69. The largest absolute Gasteiger partial charge is 0.307 e. The van der Waals surface area contributed by atoms with E-state index in [1.165, 1.54) is 25.9 Å². The lowest BCUT2D eigenvalue weighted by Crippen LogP contribution is -2.56. The first-order chi connectivity index (χ1) is 9.14. The maximum Gasteiger partial charge on any atom is 0.0170 e. The molecular weight excluding hydrogens is 256 g/mol. The van der Waals surface area contributed by atoms with Crippen LogP contribution in [0.15, 0.2) is 0 Å². The normalized spacial score (nSPS) is 28.7. The lowest BCUT2D eigenvalue weighted by Gasteiger charge is -2.45. The van der Waals surface area contributed by atoms with Crippen LogP contribution in [0.1, 0.15) is 82.1 Å². The predicted octanol–water partition coefficient (Wildman–Crippen LogP) is 4.69. The summed E-state index contributed by atoms with van der Waals surface area (Å²) in [6.07, 6.45) is 2.38. The van der Waals surface area contributed by atoms with E-state index in [1.807, 2.05) is 0 Å². The third kappa shape index (κ3) is 5.90. The van der Waals surface area contributed by atoms with Gasteiger partial charge in [0.2, 0.25) is 0 Å². The van der Waals surface area contributed by atoms with E-state index in [0.29, 0.717) is 11.3 Å². The second-order valence-electron chi connectivity index (χ2n) is 10.5. The minimum Gasteiger partial charge on any atom is -0.307 e. The maximum atomic E-state index is 3.93. The van der Waals surface area contributed by atoms with Gasteiger partial charge >= 0.3 is 0 Å². The van der Waals surface area contributed by atoms with E-state index >= 15 is 0 Å². The standard InChI is InChI=1S/C19H40N2/c1-15(2)11-21-14-16(3,4)12-17(5,6)20-18(7,8)13-19(21,9)10/h15,20H,11-14H2,1-10H3. The summed E-state index contributed by atoms with van der Waals surface area (Å²) < 4.78 is 0. The molecule has 1 N–H and O–H groups in total. The van der Waals surface area contributed by atoms with Gasteiger partial charge in [-0.2, -0.15) is 0 Å². The van der Waals surface area contributed by atoms with Crippen LogP contribution in [0.25, 0.3) is 0 Å². The van der Waals surface area contributed by atoms with E-state index in [4.69, 9.17) is 0 Å². The molecule has 2 heteroatoms. The third-order valence-electron chi connectivity index (χ3n) is 4.53. The van der Waals surface area contributed by atoms with Crippen molar-refractivity contribution < 1.29 is 0 Å². The first kappa shape index (κ1) is 19.0. The summed E-state index contributed by atoms with van der Waals surface area (Å²) in [4.78, 5) is 2.74. The van der Waals surface area contributed by atoms with Crippen molar-refractivity contribution in [2.75, 3.05) is 13.1 Å². The van der Waals surface area contributed by atoms with Crippen molar-refractivity contribution in [3.63, 3.8) is 0 Å². The Hall–Kier alpha value is -0.0800. The molecule has 1 aliphatic heterocycles. The Morgan fingerprint density at radius 1 is 0.857 bits per heavy atom. The summed E-state index contributed by atoms with van der Waals surface area (Å²) in [7, 11) is 0. The van der Waals surface area contributed by atoms with Crippen LogP contribution in [0.2, 0.25) is 0 Å². The van der Waals surface area contributed by atoms with E-state index in [1.54, 1.807) is 0 Å². The summed E-state index contributed by atoms with van der Waals surface area (Å²) >= 11 is 0. The molecule has 0 amide bonds. The summed E-state index contributed by atoms with van der Waals surface area (Å²) in [5.41, 5.74) is 0.876. The van der Waals surface area contributed by atoms with E-state index in [2.05, 4.69) is 79.5 Å². The molecule has 0 radical (unpaired) electrons. The SMILES string of the molecule is CC(C)CN1CC(C)(C)CC(C)(C)NC(C)(C)CC1(C)C. The molecule has 0 aromatic heterocycles. The molecule has 0 spiro atoms. The van der Waals surface area contributed by atoms with Gasteiger partial charge in [-0.1, -0.05) is 27.7 Å². The van der Waals surface area contributed by atoms with Crippen molar-refractivity contribution in [1.29, 1.82) is 0 Å². The molecule has 0 aromatic carbocycles. The zero-order valence-corrected chi connectivity index (χ0v) is 16.4. The van der Waals surface area contributed by atoms with Crippen molar-refractivity contribution in [1.82, 2.24) is 10.2 Å². The lowest BCUT2D eigenvalue weighted by atomic mass is 9.79. The van der Waals surface area contributed by atoms with Gasteiger partial charge in [0, 0.05) is 29.7 Å². The zero-order valence-electron chi connectivity index (χ0n) is 16.4. The Morgan fingerprint density at radius 3 is 1.81 bits per heavy atom. The van der Waals surface area contributed by atoms with Crippen molar-refractivity contribution in [2.24, 2.45) is 11.3 Å². The predicted molar refractivity (Wildman–Crippen MR) is 94.8 cm³/mol. The molecule has 0 aromatic rings. The van der Waals surface area contributed by atoms with Crippen LogP contribution in [0.4, 0.5) is 0 Å². The molecule has 0 atom stereocenters. The molecule has 1 rings (SSSR count). The molecule has 1 fully saturated rings. The summed E-state index contributed by atoms with van der Waals surface area (Å²) in [5, 5.41) is 3.93. The molecule has 0 aliphatic carbocycles. The van der Waals surface area contributed by atoms with Gasteiger partial charge in [0.25, 0.3) is 0 Å². The van der Waals surface area contributed by atoms with Crippen molar-refractivity contribution in [3.05, 3.63) is 0 Å². The monoisotopic (exact) mass is 296 g/mol. The summed E-state index contributed by atoms with van der Waals surface area (Å²) in [6, 6.07) is 0. The quantitative estimate of drug-likeness (QED) is 0.795. The second kappa shape index (κ2) is 5.85. The van der Waals surface area contributed by atoms with E-state index in [0.717, 1.165) is 0 Å². The highest BCUT2D eigenvalue weighted by atomic mass is 15.2. The van der Waals surface area contributed by atoms with Gasteiger partial charge in [-0.25, -0.2) is 0 Å². The second-order valence-corrected chi connectivity index (χ2v) is 10.5. The maximum absolute atomic E-state index is 3.93. The highest BCUT2D eigenvalue weighted by Crippen LogP contribution is 2.38. The number of nitrogens with one attached hydrogen (secondary N) is 1. The Bertz CT molecular complexity index is 351. The van der Waals surface area contributed by atoms with Crippen LogP contribution in [0.3, 0.4) is 0 Å². The first-order valence-corrected chi connectivity index (χ1v) is 8.69. The van der Waals surface area contributed by atoms with Crippen LogP contribution < -0.4 is 5.32 Å². The molecule has 126 valence electrons. The van der Waals surface area contributed by atoms with Crippen molar-refractivity contribution in [3.8, 4) is 0 Å². The summed E-state index contributed by atoms with van der Waals surface area (Å²) in [6.45, 7) is 26.2. The van der Waals surface area contributed by atoms with E-state index in [-0.39, 0.29) is 16.6 Å². The van der Waals surface area contributed by atoms with Crippen LogP contribution >= 0.6 is 0 Å². The highest BCUT2D eigenvalue weighted by Gasteiger charge is 2.42. The van der Waals surface area contributed by atoms with E-state index in [9.17, 15) is 0 Å². The minimum absolute atomic E-state index is 0.155. The molecule has 1 aliphatic rings. The zero-order chi connectivity index (χ0) is 16.7. The van der Waals surface area contributed by atoms with Gasteiger partial charge in [0.15, 0.2) is 0 Å². The van der Waals surface area contributed by atoms with Crippen LogP contribution in [0.5, 0.6) is 0 Å². The number of rotatable bonds is 2. The number of hydrogen-bond donors (Lipinski definition) is 1. The van der Waals surface area contributed by atoms with Gasteiger partial charge < -0.3 is 5.32 Å². The Morgan fingerprint density at radius 2 is 1.33 bits per heavy atom. The fourth-order valence-electron chi connectivity index (χ4n) is 4.93. The Kier molecular flexibility index (Phi) is 5.28. The Balaban J connectivity index is 3.17. The van der Waals surface area contributed by atoms with Gasteiger partial charge in [-0.3, -0.25) is 4.90 Å². The molecule has 0 saturated carbocycles. The molecule has 0 bridgehead atoms. The minimum atomic E-state index is 0.155. The van der Waals surface area contributed by atoms with Gasteiger partial charge in [-0.15, -0.1) is 0 Å². The molecule has 21 heavy (non-hydrogen) atoms. The van der Waals surface area contributed by atoms with Crippen LogP contribution in [0, 0.1) is 11.3 Å². The topological polar surface area (TPSA) is 15.3 Å². The van der Waals surface area contributed by atoms with Crippen molar-refractivity contribution >= 4 is 0 Å². The van der Waals surface area contributed by atoms with Gasteiger partial charge in [0.05, 0.1) is 0 Å². The molecule has 1 saturated heterocycles. The molecule has 0 unspecified atom stereocenters. The lowest BCUT2D eigenvalue weighted by molar-refractivity contribution is 0.0459. The number of nitrogens with zero attached hydrogens (tertiary/aromatic N) is 1. The van der Waals surface area contributed by atoms with Crippen LogP contribution in [-0.2, 0) is 0 Å². The molecule has 1 heterocycles. The Labute approximate surface area is 134 Å². The number of hydrogen-bond acceptors (Lipinski definition) is 2. The van der Waals surface area contributed by atoms with E-state index < -0.39 is 0 Å². The fraction of sp³-hybridized carbons (Fsp3) is 1.00. The summed E-state index contributed by atoms with van der Waals surface area (Å²) in [5.74, 6) is 0.713. The van der Waals surface area contributed by atoms with Crippen LogP contribution in [-0.4, -0.2) is 34.6 Å². The van der Waals surface area contributed by atoms with Gasteiger partial charge in [-0.05, 0) is 65.7 Å². The molecule has 2 nitrogen and oxygen atoms in total. The van der Waals surface area contributed by atoms with Gasteiger partial charge in [0.1, 0.15) is 0 Å². The average molecular weight is 297 g/mol.